The lowest BCUT2D eigenvalue weighted by atomic mass is 10.5. The van der Waals surface area contributed by atoms with Gasteiger partial charge in [0.25, 0.3) is 10.0 Å². The van der Waals surface area contributed by atoms with E-state index in [-0.39, 0.29) is 10.2 Å². The molecule has 0 aliphatic rings. The summed E-state index contributed by atoms with van der Waals surface area (Å²) in [5.41, 5.74) is 0.466. The van der Waals surface area contributed by atoms with E-state index in [0.29, 0.717) is 10.8 Å². The van der Waals surface area contributed by atoms with Crippen molar-refractivity contribution in [2.45, 2.75) is 11.9 Å². The van der Waals surface area contributed by atoms with E-state index < -0.39 is 10.0 Å². The van der Waals surface area contributed by atoms with Crippen molar-refractivity contribution in [3.8, 4) is 0 Å². The Bertz CT molecular complexity index is 885. The molecule has 9 heteroatoms. The Kier molecular flexibility index (Phi) is 3.15. The van der Waals surface area contributed by atoms with Crippen LogP contribution in [0.25, 0.3) is 5.65 Å². The summed E-state index contributed by atoms with van der Waals surface area (Å²) in [7, 11) is -3.85. The Morgan fingerprint density at radius 3 is 2.90 bits per heavy atom. The smallest absolute Gasteiger partial charge is 0.282 e. The van der Waals surface area contributed by atoms with Crippen molar-refractivity contribution >= 4 is 43.7 Å². The topological polar surface area (TPSA) is 76.4 Å². The lowest BCUT2D eigenvalue weighted by Crippen LogP contribution is -2.15. The molecule has 104 valence electrons. The lowest BCUT2D eigenvalue weighted by molar-refractivity contribution is 0.596. The van der Waals surface area contributed by atoms with Gasteiger partial charge in [0.1, 0.15) is 5.65 Å². The van der Waals surface area contributed by atoms with Crippen LogP contribution in [0.5, 0.6) is 0 Å². The highest BCUT2D eigenvalue weighted by molar-refractivity contribution is 7.93. The second-order valence-corrected chi connectivity index (χ2v) is 7.21. The molecule has 0 bridgehead atoms. The van der Waals surface area contributed by atoms with Gasteiger partial charge in [-0.05, 0) is 19.1 Å². The Morgan fingerprint density at radius 2 is 2.20 bits per heavy atom. The zero-order chi connectivity index (χ0) is 14.3. The molecule has 20 heavy (non-hydrogen) atoms. The number of pyridine rings is 1. The predicted octanol–water partition coefficient (Wildman–Crippen LogP) is 2.55. The zero-order valence-electron chi connectivity index (χ0n) is 10.2. The number of imidazole rings is 1. The summed E-state index contributed by atoms with van der Waals surface area (Å²) < 4.78 is 28.7. The summed E-state index contributed by atoms with van der Waals surface area (Å²) in [6.07, 6.45) is 3.19. The molecule has 3 aromatic rings. The average Bonchev–Trinajstić information content (AvgIpc) is 2.91. The number of hydrogen-bond donors (Lipinski definition) is 1. The Morgan fingerprint density at radius 1 is 1.40 bits per heavy atom. The third-order valence-corrected chi connectivity index (χ3v) is 5.24. The summed E-state index contributed by atoms with van der Waals surface area (Å²) in [6, 6.07) is 5.14. The van der Waals surface area contributed by atoms with Crippen LogP contribution in [0.1, 0.15) is 4.88 Å². The first-order valence-electron chi connectivity index (χ1n) is 5.55. The van der Waals surface area contributed by atoms with Crippen LogP contribution in [0, 0.1) is 6.92 Å². The van der Waals surface area contributed by atoms with Crippen molar-refractivity contribution in [2.75, 3.05) is 4.72 Å². The Balaban J connectivity index is 2.11. The summed E-state index contributed by atoms with van der Waals surface area (Å²) in [6.45, 7) is 1.84. The molecule has 0 amide bonds. The Hall–Kier alpha value is -1.64. The van der Waals surface area contributed by atoms with E-state index in [1.165, 1.54) is 15.7 Å². The third-order valence-electron chi connectivity index (χ3n) is 2.54. The molecular weight excluding hydrogens is 320 g/mol. The molecule has 0 saturated heterocycles. The van der Waals surface area contributed by atoms with E-state index in [2.05, 4.69) is 14.7 Å². The number of sulfonamides is 1. The van der Waals surface area contributed by atoms with Gasteiger partial charge in [0, 0.05) is 17.3 Å². The number of nitrogens with zero attached hydrogens (tertiary/aromatic N) is 3. The quantitative estimate of drug-likeness (QED) is 0.801. The molecule has 0 unspecified atom stereocenters. The summed E-state index contributed by atoms with van der Waals surface area (Å²) in [5.74, 6) is 0. The minimum Gasteiger partial charge on any atom is -0.288 e. The van der Waals surface area contributed by atoms with Gasteiger partial charge in [-0.15, -0.1) is 11.3 Å². The van der Waals surface area contributed by atoms with Gasteiger partial charge >= 0.3 is 0 Å². The fourth-order valence-electron chi connectivity index (χ4n) is 1.75. The maximum Gasteiger partial charge on any atom is 0.282 e. The number of hydrogen-bond acceptors (Lipinski definition) is 5. The van der Waals surface area contributed by atoms with Crippen LogP contribution in [0.4, 0.5) is 5.13 Å². The van der Waals surface area contributed by atoms with Gasteiger partial charge in [0.2, 0.25) is 0 Å². The molecule has 3 rings (SSSR count). The van der Waals surface area contributed by atoms with E-state index in [1.54, 1.807) is 30.6 Å². The van der Waals surface area contributed by atoms with Gasteiger partial charge in [0.05, 0.1) is 0 Å². The molecule has 0 aliphatic heterocycles. The van der Waals surface area contributed by atoms with Crippen LogP contribution in [0.15, 0.2) is 35.6 Å². The number of aryl methyl sites for hydroxylation is 1. The molecular formula is C11H9ClN4O2S2. The first-order chi connectivity index (χ1) is 9.47. The molecule has 6 nitrogen and oxygen atoms in total. The highest BCUT2D eigenvalue weighted by Crippen LogP contribution is 2.26. The number of aromatic nitrogens is 3. The van der Waals surface area contributed by atoms with Crippen molar-refractivity contribution in [1.82, 2.24) is 14.4 Å². The van der Waals surface area contributed by atoms with Crippen LogP contribution in [0.2, 0.25) is 5.15 Å². The van der Waals surface area contributed by atoms with Crippen molar-refractivity contribution < 1.29 is 8.42 Å². The van der Waals surface area contributed by atoms with Gasteiger partial charge in [-0.3, -0.25) is 9.12 Å². The first-order valence-corrected chi connectivity index (χ1v) is 8.23. The largest absolute Gasteiger partial charge is 0.288 e. The van der Waals surface area contributed by atoms with Crippen LogP contribution >= 0.6 is 22.9 Å². The van der Waals surface area contributed by atoms with Gasteiger partial charge in [-0.2, -0.15) is 8.42 Å². The van der Waals surface area contributed by atoms with E-state index in [1.807, 2.05) is 6.92 Å². The number of anilines is 1. The summed E-state index contributed by atoms with van der Waals surface area (Å²) in [4.78, 5) is 8.90. The number of thiazole rings is 1. The monoisotopic (exact) mass is 328 g/mol. The van der Waals surface area contributed by atoms with Gasteiger partial charge in [-0.25, -0.2) is 9.97 Å². The van der Waals surface area contributed by atoms with Crippen molar-refractivity contribution in [3.63, 3.8) is 0 Å². The van der Waals surface area contributed by atoms with Gasteiger partial charge in [0.15, 0.2) is 15.3 Å². The minimum absolute atomic E-state index is 0.0722. The second-order valence-electron chi connectivity index (χ2n) is 4.02. The van der Waals surface area contributed by atoms with E-state index in [9.17, 15) is 8.42 Å². The number of fused-ring (bicyclic) bond motifs is 1. The van der Waals surface area contributed by atoms with Crippen molar-refractivity contribution in [3.05, 3.63) is 40.6 Å². The highest BCUT2D eigenvalue weighted by Gasteiger charge is 2.25. The number of halogens is 1. The summed E-state index contributed by atoms with van der Waals surface area (Å²) >= 11 is 7.20. The van der Waals surface area contributed by atoms with Crippen LogP contribution in [-0.4, -0.2) is 22.8 Å². The van der Waals surface area contributed by atoms with E-state index in [0.717, 1.165) is 4.88 Å². The summed E-state index contributed by atoms with van der Waals surface area (Å²) in [5, 5.41) is 0.129. The van der Waals surface area contributed by atoms with Crippen molar-refractivity contribution in [2.24, 2.45) is 0 Å². The highest BCUT2D eigenvalue weighted by atomic mass is 35.5. The van der Waals surface area contributed by atoms with Crippen LogP contribution < -0.4 is 4.72 Å². The van der Waals surface area contributed by atoms with E-state index in [4.69, 9.17) is 11.6 Å². The third kappa shape index (κ3) is 2.26. The molecule has 0 fully saturated rings. The van der Waals surface area contributed by atoms with Crippen LogP contribution in [-0.2, 0) is 10.0 Å². The molecule has 0 saturated carbocycles. The second kappa shape index (κ2) is 4.72. The maximum atomic E-state index is 12.4. The lowest BCUT2D eigenvalue weighted by Gasteiger charge is -2.05. The van der Waals surface area contributed by atoms with E-state index >= 15 is 0 Å². The van der Waals surface area contributed by atoms with Gasteiger partial charge < -0.3 is 0 Å². The minimum atomic E-state index is -3.85. The SMILES string of the molecule is Cc1cnc(NS(=O)(=O)c2c(Cl)nc3ccccn23)s1. The molecule has 3 heterocycles. The fourth-order valence-corrected chi connectivity index (χ4v) is 4.30. The molecule has 0 aromatic carbocycles. The van der Waals surface area contributed by atoms with Crippen molar-refractivity contribution in [1.29, 1.82) is 0 Å². The first kappa shape index (κ1) is 13.3. The molecule has 0 spiro atoms. The standard InChI is InChI=1S/C11H9ClN4O2S2/c1-7-6-13-11(19-7)15-20(17,18)10-9(12)14-8-4-2-3-5-16(8)10/h2-6H,1H3,(H,13,15). The fraction of sp³-hybridized carbons (Fsp3) is 0.0909. The Labute approximate surface area is 124 Å². The van der Waals surface area contributed by atoms with Gasteiger partial charge in [-0.1, -0.05) is 17.7 Å². The normalized spacial score (nSPS) is 11.9. The molecule has 0 radical (unpaired) electrons. The molecule has 3 aromatic heterocycles. The number of nitrogens with one attached hydrogen (secondary N) is 1. The molecule has 0 atom stereocenters. The maximum absolute atomic E-state index is 12.4. The van der Waals surface area contributed by atoms with Crippen LogP contribution in [0.3, 0.4) is 0 Å². The molecule has 1 N–H and O–H groups in total. The number of rotatable bonds is 3. The zero-order valence-corrected chi connectivity index (χ0v) is 12.6. The molecule has 0 aliphatic carbocycles. The predicted molar refractivity (Wildman–Crippen MR) is 77.9 cm³/mol. The average molecular weight is 329 g/mol.